The van der Waals surface area contributed by atoms with Gasteiger partial charge in [-0.25, -0.2) is 8.42 Å². The molecule has 3 rings (SSSR count). The van der Waals surface area contributed by atoms with Crippen LogP contribution >= 0.6 is 0 Å². The fourth-order valence-corrected chi connectivity index (χ4v) is 3.83. The molecule has 1 aliphatic rings. The van der Waals surface area contributed by atoms with Crippen molar-refractivity contribution < 1.29 is 22.0 Å². The Labute approximate surface area is 169 Å². The fourth-order valence-electron chi connectivity index (χ4n) is 3.11. The number of anilines is 1. The van der Waals surface area contributed by atoms with Crippen LogP contribution in [0.1, 0.15) is 15.9 Å². The van der Waals surface area contributed by atoms with Crippen LogP contribution in [0.25, 0.3) is 0 Å². The molecular formula is C20H23F2N3O3S. The molecule has 0 atom stereocenters. The topological polar surface area (TPSA) is 69.7 Å². The number of likely N-dealkylation sites (N-methyl/N-ethyl adjacent to an activating group) is 1. The number of sulfone groups is 1. The maximum Gasteiger partial charge on any atom is 0.341 e. The highest BCUT2D eigenvalue weighted by molar-refractivity contribution is 7.91. The summed E-state index contributed by atoms with van der Waals surface area (Å²) in [6.45, 7) is 4.81. The lowest BCUT2D eigenvalue weighted by molar-refractivity contribution is 0.102. The quantitative estimate of drug-likeness (QED) is 0.774. The van der Waals surface area contributed by atoms with Crippen molar-refractivity contribution in [3.05, 3.63) is 59.7 Å². The molecule has 0 aliphatic carbocycles. The molecule has 6 nitrogen and oxygen atoms in total. The molecule has 0 radical (unpaired) electrons. The van der Waals surface area contributed by atoms with Crippen molar-refractivity contribution >= 4 is 21.4 Å². The Morgan fingerprint density at radius 3 is 2.34 bits per heavy atom. The van der Waals surface area contributed by atoms with Crippen molar-refractivity contribution in [2.75, 3.05) is 38.5 Å². The van der Waals surface area contributed by atoms with Crippen LogP contribution in [0.15, 0.2) is 53.4 Å². The summed E-state index contributed by atoms with van der Waals surface area (Å²) in [5.74, 6) is -3.94. The number of halogens is 2. The van der Waals surface area contributed by atoms with Crippen molar-refractivity contribution in [3.8, 4) is 0 Å². The first-order valence-electron chi connectivity index (χ1n) is 9.19. The lowest BCUT2D eigenvalue weighted by Gasteiger charge is -2.32. The monoisotopic (exact) mass is 423 g/mol. The first-order valence-corrected chi connectivity index (χ1v) is 10.7. The summed E-state index contributed by atoms with van der Waals surface area (Å²) in [7, 11) is -2.57. The van der Waals surface area contributed by atoms with Crippen LogP contribution in [0.2, 0.25) is 0 Å². The molecule has 2 aromatic carbocycles. The van der Waals surface area contributed by atoms with Crippen molar-refractivity contribution in [1.82, 2.24) is 9.80 Å². The Balaban J connectivity index is 1.65. The minimum Gasteiger partial charge on any atom is -0.322 e. The molecule has 1 amide bonds. The van der Waals surface area contributed by atoms with Gasteiger partial charge in [-0.3, -0.25) is 9.69 Å². The molecular weight excluding hydrogens is 400 g/mol. The van der Waals surface area contributed by atoms with E-state index in [1.54, 1.807) is 6.07 Å². The van der Waals surface area contributed by atoms with Gasteiger partial charge < -0.3 is 10.2 Å². The molecule has 1 saturated heterocycles. The average molecular weight is 423 g/mol. The minimum atomic E-state index is -4.67. The molecule has 1 N–H and O–H groups in total. The first-order chi connectivity index (χ1) is 13.8. The largest absolute Gasteiger partial charge is 0.341 e. The van der Waals surface area contributed by atoms with Crippen molar-refractivity contribution in [2.24, 2.45) is 0 Å². The van der Waals surface area contributed by atoms with E-state index in [2.05, 4.69) is 22.2 Å². The zero-order valence-electron chi connectivity index (χ0n) is 16.0. The van der Waals surface area contributed by atoms with Gasteiger partial charge in [0.2, 0.25) is 9.84 Å². The summed E-state index contributed by atoms with van der Waals surface area (Å²) in [5.41, 5.74) is 1.87. The van der Waals surface area contributed by atoms with Gasteiger partial charge in [-0.1, -0.05) is 12.1 Å². The number of nitrogens with one attached hydrogen (secondary N) is 1. The molecule has 29 heavy (non-hydrogen) atoms. The van der Waals surface area contributed by atoms with Crippen LogP contribution in [-0.2, 0) is 16.4 Å². The van der Waals surface area contributed by atoms with Gasteiger partial charge in [0.05, 0.1) is 4.90 Å². The number of hydrogen-bond acceptors (Lipinski definition) is 5. The van der Waals surface area contributed by atoms with Crippen molar-refractivity contribution in [3.63, 3.8) is 0 Å². The number of benzene rings is 2. The van der Waals surface area contributed by atoms with E-state index in [1.165, 1.54) is 12.1 Å². The summed E-state index contributed by atoms with van der Waals surface area (Å²) in [4.78, 5) is 16.5. The zero-order valence-corrected chi connectivity index (χ0v) is 16.8. The predicted octanol–water partition coefficient (Wildman–Crippen LogP) is 2.68. The minimum absolute atomic E-state index is 0.183. The van der Waals surface area contributed by atoms with E-state index in [0.717, 1.165) is 50.4 Å². The normalized spacial score (nSPS) is 16.1. The van der Waals surface area contributed by atoms with Gasteiger partial charge in [0, 0.05) is 44.0 Å². The summed E-state index contributed by atoms with van der Waals surface area (Å²) < 4.78 is 48.1. The molecule has 0 unspecified atom stereocenters. The number of amides is 1. The van der Waals surface area contributed by atoms with Crippen molar-refractivity contribution in [2.45, 2.75) is 17.2 Å². The van der Waals surface area contributed by atoms with Gasteiger partial charge >= 0.3 is 5.76 Å². The number of carbonyl (C=O) groups is 1. The number of nitrogens with zero attached hydrogens (tertiary/aromatic N) is 2. The van der Waals surface area contributed by atoms with Crippen LogP contribution in [0.5, 0.6) is 0 Å². The number of piperazine rings is 1. The van der Waals surface area contributed by atoms with E-state index in [-0.39, 0.29) is 5.56 Å². The second-order valence-electron chi connectivity index (χ2n) is 7.06. The van der Waals surface area contributed by atoms with E-state index in [9.17, 15) is 22.0 Å². The van der Waals surface area contributed by atoms with Gasteiger partial charge in [-0.05, 0) is 49.0 Å². The van der Waals surface area contributed by atoms with E-state index in [4.69, 9.17) is 0 Å². The third-order valence-electron chi connectivity index (χ3n) is 4.87. The van der Waals surface area contributed by atoms with Gasteiger partial charge in [0.25, 0.3) is 5.91 Å². The Bertz CT molecular complexity index is 957. The van der Waals surface area contributed by atoms with Crippen LogP contribution < -0.4 is 5.32 Å². The highest BCUT2D eigenvalue weighted by Crippen LogP contribution is 2.20. The number of carbonyl (C=O) groups excluding carboxylic acids is 1. The fraction of sp³-hybridized carbons (Fsp3) is 0.350. The average Bonchev–Trinajstić information content (AvgIpc) is 2.70. The maximum absolute atomic E-state index is 12.6. The molecule has 9 heteroatoms. The second-order valence-corrected chi connectivity index (χ2v) is 8.98. The van der Waals surface area contributed by atoms with E-state index < -0.39 is 26.4 Å². The summed E-state index contributed by atoms with van der Waals surface area (Å²) in [5, 5.41) is 2.76. The van der Waals surface area contributed by atoms with Crippen LogP contribution in [0, 0.1) is 0 Å². The summed E-state index contributed by atoms with van der Waals surface area (Å²) >= 11 is 0. The van der Waals surface area contributed by atoms with Crippen LogP contribution in [0.3, 0.4) is 0 Å². The smallest absolute Gasteiger partial charge is 0.322 e. The molecule has 0 aromatic heterocycles. The molecule has 1 heterocycles. The summed E-state index contributed by atoms with van der Waals surface area (Å²) in [6.07, 6.45) is 0. The zero-order chi connectivity index (χ0) is 21.0. The number of hydrogen-bond donors (Lipinski definition) is 1. The molecule has 2 aromatic rings. The van der Waals surface area contributed by atoms with Gasteiger partial charge in [0.15, 0.2) is 0 Å². The van der Waals surface area contributed by atoms with E-state index >= 15 is 0 Å². The van der Waals surface area contributed by atoms with Crippen molar-refractivity contribution in [1.29, 1.82) is 0 Å². The molecule has 156 valence electrons. The number of rotatable bonds is 6. The Morgan fingerprint density at radius 2 is 1.72 bits per heavy atom. The SMILES string of the molecule is CN1CCN(Cc2cccc(NC(=O)c3ccc(S(=O)(=O)C(F)F)cc3)c2)CC1. The molecule has 0 bridgehead atoms. The molecule has 0 saturated carbocycles. The molecule has 1 fully saturated rings. The van der Waals surface area contributed by atoms with Gasteiger partial charge in [0.1, 0.15) is 0 Å². The highest BCUT2D eigenvalue weighted by atomic mass is 32.2. The van der Waals surface area contributed by atoms with E-state index in [1.807, 2.05) is 18.2 Å². The Kier molecular flexibility index (Phi) is 6.61. The maximum atomic E-state index is 12.6. The molecule has 0 spiro atoms. The molecule has 1 aliphatic heterocycles. The Hall–Kier alpha value is -2.36. The van der Waals surface area contributed by atoms with E-state index in [0.29, 0.717) is 5.69 Å². The second kappa shape index (κ2) is 8.98. The standard InChI is InChI=1S/C20H23F2N3O3S/c1-24-9-11-25(12-10-24)14-15-3-2-4-17(13-15)23-19(26)16-5-7-18(8-6-16)29(27,28)20(21)22/h2-8,13,20H,9-12,14H2,1H3,(H,23,26). The highest BCUT2D eigenvalue weighted by Gasteiger charge is 2.26. The first kappa shape index (κ1) is 21.4. The predicted molar refractivity (Wildman–Crippen MR) is 107 cm³/mol. The lowest BCUT2D eigenvalue weighted by atomic mass is 10.1. The Morgan fingerprint density at radius 1 is 1.07 bits per heavy atom. The van der Waals surface area contributed by atoms with Gasteiger partial charge in [-0.2, -0.15) is 8.78 Å². The summed E-state index contributed by atoms with van der Waals surface area (Å²) in [6, 6.07) is 12.0. The lowest BCUT2D eigenvalue weighted by Crippen LogP contribution is -2.43. The number of alkyl halides is 2. The third-order valence-corrected chi connectivity index (χ3v) is 6.26. The van der Waals surface area contributed by atoms with Crippen LogP contribution in [0.4, 0.5) is 14.5 Å². The van der Waals surface area contributed by atoms with Crippen LogP contribution in [-0.4, -0.2) is 63.1 Å². The third kappa shape index (κ3) is 5.37. The van der Waals surface area contributed by atoms with Gasteiger partial charge in [-0.15, -0.1) is 0 Å².